The predicted octanol–water partition coefficient (Wildman–Crippen LogP) is 2.51. The van der Waals surface area contributed by atoms with Gasteiger partial charge in [0.15, 0.2) is 0 Å². The first-order chi connectivity index (χ1) is 9.58. The molecule has 1 amide bonds. The summed E-state index contributed by atoms with van der Waals surface area (Å²) in [5.74, 6) is -0.0476. The van der Waals surface area contributed by atoms with Crippen LogP contribution in [0.15, 0.2) is 47.1 Å². The van der Waals surface area contributed by atoms with E-state index in [0.717, 1.165) is 6.20 Å². The number of rotatable bonds is 4. The van der Waals surface area contributed by atoms with Gasteiger partial charge in [0.2, 0.25) is 0 Å². The molecule has 0 radical (unpaired) electrons. The Morgan fingerprint density at radius 3 is 2.60 bits per heavy atom. The summed E-state index contributed by atoms with van der Waals surface area (Å²) in [6, 6.07) is 9.64. The second-order valence-corrected chi connectivity index (χ2v) is 4.57. The highest BCUT2D eigenvalue weighted by molar-refractivity contribution is 9.10. The number of nitrogens with zero attached hydrogens (tertiary/aromatic N) is 2. The second kappa shape index (κ2) is 6.11. The van der Waals surface area contributed by atoms with E-state index in [2.05, 4.69) is 31.8 Å². The summed E-state index contributed by atoms with van der Waals surface area (Å²) in [6.07, 6.45) is 1.10. The molecule has 102 valence electrons. The van der Waals surface area contributed by atoms with Crippen molar-refractivity contribution in [2.45, 2.75) is 0 Å². The van der Waals surface area contributed by atoms with E-state index in [9.17, 15) is 14.9 Å². The van der Waals surface area contributed by atoms with Gasteiger partial charge in [0, 0.05) is 10.5 Å². The first kappa shape index (κ1) is 13.9. The number of aromatic nitrogens is 1. The van der Waals surface area contributed by atoms with Gasteiger partial charge in [-0.2, -0.15) is 0 Å². The van der Waals surface area contributed by atoms with E-state index < -0.39 is 4.92 Å². The fraction of sp³-hybridized carbons (Fsp3) is 0. The second-order valence-electron chi connectivity index (χ2n) is 3.72. The van der Waals surface area contributed by atoms with E-state index in [1.807, 2.05) is 0 Å². The average molecular weight is 337 g/mol. The van der Waals surface area contributed by atoms with E-state index >= 15 is 0 Å². The van der Waals surface area contributed by atoms with Crippen molar-refractivity contribution >= 4 is 33.3 Å². The van der Waals surface area contributed by atoms with Crippen molar-refractivity contribution in [1.29, 1.82) is 0 Å². The smallest absolute Gasteiger partial charge is 0.282 e. The number of hydrogen-bond acceptors (Lipinski definition) is 5. The summed E-state index contributed by atoms with van der Waals surface area (Å²) >= 11 is 3.27. The molecule has 0 spiro atoms. The Hall–Kier alpha value is -2.48. The molecule has 0 bridgehead atoms. The quantitative estimate of drug-likeness (QED) is 0.660. The van der Waals surface area contributed by atoms with Crippen LogP contribution in [0, 0.1) is 10.1 Å². The molecule has 2 rings (SSSR count). The number of anilines is 1. The standard InChI is InChI=1S/C12H9BrN4O3/c13-10-4-2-1-3-9(10)12(18)16-15-11-6-5-8(7-14-11)17(19)20/h1-7H,(H,14,15)(H,16,18). The van der Waals surface area contributed by atoms with Gasteiger partial charge in [-0.15, -0.1) is 0 Å². The Bertz CT molecular complexity index is 645. The van der Waals surface area contributed by atoms with Crippen LogP contribution in [-0.2, 0) is 0 Å². The summed E-state index contributed by atoms with van der Waals surface area (Å²) < 4.78 is 0.663. The molecular weight excluding hydrogens is 328 g/mol. The lowest BCUT2D eigenvalue weighted by Gasteiger charge is -2.08. The molecule has 1 aromatic heterocycles. The molecule has 2 N–H and O–H groups in total. The van der Waals surface area contributed by atoms with Gasteiger partial charge in [-0.3, -0.25) is 25.8 Å². The van der Waals surface area contributed by atoms with Crippen LogP contribution in [0.3, 0.4) is 0 Å². The molecule has 0 aliphatic rings. The Balaban J connectivity index is 2.00. The minimum absolute atomic E-state index is 0.118. The van der Waals surface area contributed by atoms with Crippen molar-refractivity contribution in [2.24, 2.45) is 0 Å². The normalized spacial score (nSPS) is 9.85. The van der Waals surface area contributed by atoms with Crippen LogP contribution in [0.25, 0.3) is 0 Å². The molecular formula is C12H9BrN4O3. The molecule has 2 aromatic rings. The zero-order valence-electron chi connectivity index (χ0n) is 10.0. The maximum absolute atomic E-state index is 11.9. The monoisotopic (exact) mass is 336 g/mol. The van der Waals surface area contributed by atoms with Crippen molar-refractivity contribution < 1.29 is 9.72 Å². The van der Waals surface area contributed by atoms with Gasteiger partial charge in [-0.25, -0.2) is 4.98 Å². The van der Waals surface area contributed by atoms with Gasteiger partial charge in [0.25, 0.3) is 11.6 Å². The van der Waals surface area contributed by atoms with Gasteiger partial charge in [-0.1, -0.05) is 12.1 Å². The lowest BCUT2D eigenvalue weighted by molar-refractivity contribution is -0.385. The summed E-state index contributed by atoms with van der Waals surface area (Å²) in [4.78, 5) is 25.6. The van der Waals surface area contributed by atoms with Crippen molar-refractivity contribution in [3.05, 3.63) is 62.7 Å². The number of hydrazine groups is 1. The Morgan fingerprint density at radius 1 is 1.25 bits per heavy atom. The number of nitro groups is 1. The lowest BCUT2D eigenvalue weighted by Crippen LogP contribution is -2.30. The van der Waals surface area contributed by atoms with Gasteiger partial charge in [-0.05, 0) is 34.1 Å². The number of halogens is 1. The van der Waals surface area contributed by atoms with Gasteiger partial charge in [0.05, 0.1) is 10.5 Å². The van der Waals surface area contributed by atoms with Crippen LogP contribution >= 0.6 is 15.9 Å². The largest absolute Gasteiger partial charge is 0.287 e. The fourth-order valence-corrected chi connectivity index (χ4v) is 1.87. The molecule has 0 atom stereocenters. The highest BCUT2D eigenvalue weighted by Crippen LogP contribution is 2.15. The van der Waals surface area contributed by atoms with E-state index in [1.165, 1.54) is 12.1 Å². The molecule has 0 aliphatic heterocycles. The van der Waals surface area contributed by atoms with E-state index in [0.29, 0.717) is 15.9 Å². The van der Waals surface area contributed by atoms with Crippen LogP contribution in [0.4, 0.5) is 11.5 Å². The third kappa shape index (κ3) is 3.29. The third-order valence-electron chi connectivity index (χ3n) is 2.38. The molecule has 0 fully saturated rings. The van der Waals surface area contributed by atoms with Crippen LogP contribution in [0.1, 0.15) is 10.4 Å². The predicted molar refractivity (Wildman–Crippen MR) is 76.1 cm³/mol. The molecule has 20 heavy (non-hydrogen) atoms. The number of benzene rings is 1. The molecule has 0 saturated heterocycles. The molecule has 0 unspecified atom stereocenters. The Labute approximate surface area is 122 Å². The number of amides is 1. The molecule has 0 saturated carbocycles. The zero-order valence-corrected chi connectivity index (χ0v) is 11.6. The van der Waals surface area contributed by atoms with Crippen molar-refractivity contribution in [1.82, 2.24) is 10.4 Å². The van der Waals surface area contributed by atoms with Crippen molar-refractivity contribution in [3.63, 3.8) is 0 Å². The molecule has 8 heteroatoms. The highest BCUT2D eigenvalue weighted by atomic mass is 79.9. The topological polar surface area (TPSA) is 97.2 Å². The fourth-order valence-electron chi connectivity index (χ4n) is 1.40. The minimum Gasteiger partial charge on any atom is -0.282 e. The number of nitrogens with one attached hydrogen (secondary N) is 2. The zero-order chi connectivity index (χ0) is 14.5. The average Bonchev–Trinajstić information content (AvgIpc) is 2.45. The first-order valence-corrected chi connectivity index (χ1v) is 6.28. The van der Waals surface area contributed by atoms with Gasteiger partial charge in [0.1, 0.15) is 12.0 Å². The van der Waals surface area contributed by atoms with E-state index in [1.54, 1.807) is 24.3 Å². The highest BCUT2D eigenvalue weighted by Gasteiger charge is 2.09. The molecule has 0 aliphatic carbocycles. The van der Waals surface area contributed by atoms with Crippen LogP contribution in [0.2, 0.25) is 0 Å². The number of hydrogen-bond donors (Lipinski definition) is 2. The van der Waals surface area contributed by atoms with Crippen molar-refractivity contribution in [3.8, 4) is 0 Å². The van der Waals surface area contributed by atoms with Crippen LogP contribution < -0.4 is 10.9 Å². The third-order valence-corrected chi connectivity index (χ3v) is 3.07. The number of carbonyl (C=O) groups is 1. The summed E-state index contributed by atoms with van der Waals surface area (Å²) in [5, 5.41) is 10.5. The van der Waals surface area contributed by atoms with Gasteiger partial charge >= 0.3 is 0 Å². The molecule has 1 aromatic carbocycles. The van der Waals surface area contributed by atoms with Crippen LogP contribution in [0.5, 0.6) is 0 Å². The number of carbonyl (C=O) groups excluding carboxylic acids is 1. The summed E-state index contributed by atoms with van der Waals surface area (Å²) in [6.45, 7) is 0. The SMILES string of the molecule is O=C(NNc1ccc([N+](=O)[O-])cn1)c1ccccc1Br. The molecule has 1 heterocycles. The van der Waals surface area contributed by atoms with Crippen molar-refractivity contribution in [2.75, 3.05) is 5.43 Å². The van der Waals surface area contributed by atoms with Crippen LogP contribution in [-0.4, -0.2) is 15.8 Å². The Kier molecular flexibility index (Phi) is 4.26. The Morgan fingerprint density at radius 2 is 2.00 bits per heavy atom. The molecule has 7 nitrogen and oxygen atoms in total. The maximum atomic E-state index is 11.9. The van der Waals surface area contributed by atoms with E-state index in [-0.39, 0.29) is 11.6 Å². The minimum atomic E-state index is -0.545. The maximum Gasteiger partial charge on any atom is 0.287 e. The van der Waals surface area contributed by atoms with Gasteiger partial charge < -0.3 is 0 Å². The van der Waals surface area contributed by atoms with E-state index in [4.69, 9.17) is 0 Å². The first-order valence-electron chi connectivity index (χ1n) is 5.49. The lowest BCUT2D eigenvalue weighted by atomic mass is 10.2. The summed E-state index contributed by atoms with van der Waals surface area (Å²) in [7, 11) is 0. The number of pyridine rings is 1. The summed E-state index contributed by atoms with van der Waals surface area (Å²) in [5.41, 5.74) is 5.38.